The van der Waals surface area contributed by atoms with E-state index < -0.39 is 6.10 Å². The highest BCUT2D eigenvalue weighted by atomic mass is 16.6. The normalized spacial score (nSPS) is 12.6. The molecule has 0 aromatic carbocycles. The van der Waals surface area contributed by atoms with Gasteiger partial charge in [-0.3, -0.25) is 14.4 Å². The molecule has 1 atom stereocenters. The summed E-state index contributed by atoms with van der Waals surface area (Å²) in [5.41, 5.74) is 0. The van der Waals surface area contributed by atoms with Crippen LogP contribution in [0.25, 0.3) is 0 Å². The third kappa shape index (κ3) is 61.4. The number of carbonyl (C=O) groups excluding carboxylic acids is 3. The topological polar surface area (TPSA) is 78.9 Å². The van der Waals surface area contributed by atoms with Crippen molar-refractivity contribution in [3.8, 4) is 0 Å². The molecule has 0 spiro atoms. The Morgan fingerprint density at radius 1 is 0.276 bits per heavy atom. The van der Waals surface area contributed by atoms with E-state index >= 15 is 0 Å². The zero-order valence-electron chi connectivity index (χ0n) is 50.3. The van der Waals surface area contributed by atoms with Gasteiger partial charge in [-0.25, -0.2) is 0 Å². The van der Waals surface area contributed by atoms with Gasteiger partial charge in [0, 0.05) is 19.3 Å². The van der Waals surface area contributed by atoms with Crippen LogP contribution in [0.15, 0.2) is 85.1 Å². The van der Waals surface area contributed by atoms with Gasteiger partial charge in [0.1, 0.15) is 13.2 Å². The van der Waals surface area contributed by atoms with Crippen molar-refractivity contribution >= 4 is 17.9 Å². The molecule has 0 saturated carbocycles. The van der Waals surface area contributed by atoms with Gasteiger partial charge in [-0.2, -0.15) is 0 Å². The van der Waals surface area contributed by atoms with Gasteiger partial charge in [0.25, 0.3) is 0 Å². The maximum atomic E-state index is 12.9. The molecule has 0 fully saturated rings. The van der Waals surface area contributed by atoms with E-state index in [1.807, 2.05) is 0 Å². The summed E-state index contributed by atoms with van der Waals surface area (Å²) in [6.07, 6.45) is 84.4. The molecule has 0 aromatic rings. The third-order valence-corrected chi connectivity index (χ3v) is 14.1. The Bertz CT molecular complexity index is 1450. The Hall–Kier alpha value is -3.41. The smallest absolute Gasteiger partial charge is 0.306 e. The van der Waals surface area contributed by atoms with Crippen LogP contribution in [0.3, 0.4) is 0 Å². The van der Waals surface area contributed by atoms with Crippen molar-refractivity contribution in [2.75, 3.05) is 13.2 Å². The summed E-state index contributed by atoms with van der Waals surface area (Å²) in [6.45, 7) is 6.54. The minimum Gasteiger partial charge on any atom is -0.462 e. The highest BCUT2D eigenvalue weighted by Gasteiger charge is 2.19. The quantitative estimate of drug-likeness (QED) is 0.0261. The lowest BCUT2D eigenvalue weighted by Gasteiger charge is -2.18. The van der Waals surface area contributed by atoms with E-state index in [1.54, 1.807) is 0 Å². The molecule has 6 heteroatoms. The predicted octanol–water partition coefficient (Wildman–Crippen LogP) is 22.3. The van der Waals surface area contributed by atoms with E-state index in [1.165, 1.54) is 173 Å². The molecule has 0 aromatic heterocycles. The fraction of sp³-hybridized carbons (Fsp3) is 0.757. The maximum absolute atomic E-state index is 12.9. The second kappa shape index (κ2) is 64.1. The molecule has 0 amide bonds. The second-order valence-electron chi connectivity index (χ2n) is 21.6. The Kier molecular flexibility index (Phi) is 61.2. The first-order chi connectivity index (χ1) is 37.5. The minimum absolute atomic E-state index is 0.0846. The monoisotopic (exact) mass is 1060 g/mol. The van der Waals surface area contributed by atoms with Crippen molar-refractivity contribution in [3.63, 3.8) is 0 Å². The van der Waals surface area contributed by atoms with E-state index in [4.69, 9.17) is 14.2 Å². The number of esters is 3. The van der Waals surface area contributed by atoms with Gasteiger partial charge in [-0.05, 0) is 116 Å². The largest absolute Gasteiger partial charge is 0.462 e. The summed E-state index contributed by atoms with van der Waals surface area (Å²) in [6, 6.07) is 0. The van der Waals surface area contributed by atoms with Crippen molar-refractivity contribution < 1.29 is 28.6 Å². The van der Waals surface area contributed by atoms with Gasteiger partial charge in [0.2, 0.25) is 0 Å². The lowest BCUT2D eigenvalue weighted by atomic mass is 10.1. The number of ether oxygens (including phenoxy) is 3. The molecule has 0 aliphatic heterocycles. The Labute approximate surface area is 471 Å². The number of carbonyl (C=O) groups is 3. The van der Waals surface area contributed by atoms with Crippen LogP contribution in [-0.2, 0) is 28.6 Å². The molecule has 0 N–H and O–H groups in total. The van der Waals surface area contributed by atoms with Crippen LogP contribution in [-0.4, -0.2) is 37.2 Å². The van der Waals surface area contributed by atoms with Crippen molar-refractivity contribution in [3.05, 3.63) is 85.1 Å². The summed E-state index contributed by atoms with van der Waals surface area (Å²) < 4.78 is 16.9. The van der Waals surface area contributed by atoms with Gasteiger partial charge in [-0.15, -0.1) is 0 Å². The van der Waals surface area contributed by atoms with E-state index in [9.17, 15) is 14.4 Å². The van der Waals surface area contributed by atoms with Gasteiger partial charge < -0.3 is 14.2 Å². The summed E-state index contributed by atoms with van der Waals surface area (Å²) in [7, 11) is 0. The Morgan fingerprint density at radius 2 is 0.513 bits per heavy atom. The molecule has 0 aliphatic carbocycles. The molecule has 438 valence electrons. The van der Waals surface area contributed by atoms with Crippen molar-refractivity contribution in [1.29, 1.82) is 0 Å². The zero-order chi connectivity index (χ0) is 55.0. The number of hydrogen-bond acceptors (Lipinski definition) is 6. The van der Waals surface area contributed by atoms with Crippen molar-refractivity contribution in [2.24, 2.45) is 0 Å². The number of allylic oxidation sites excluding steroid dienone is 14. The van der Waals surface area contributed by atoms with Gasteiger partial charge in [0.05, 0.1) is 0 Å². The van der Waals surface area contributed by atoms with E-state index in [2.05, 4.69) is 106 Å². The first-order valence-corrected chi connectivity index (χ1v) is 32.6. The predicted molar refractivity (Wildman–Crippen MR) is 330 cm³/mol. The molecule has 0 saturated heterocycles. The number of unbranched alkanes of at least 4 members (excludes halogenated alkanes) is 34. The number of hydrogen-bond donors (Lipinski definition) is 0. The van der Waals surface area contributed by atoms with E-state index in [0.717, 1.165) is 109 Å². The van der Waals surface area contributed by atoms with E-state index in [0.29, 0.717) is 19.3 Å². The van der Waals surface area contributed by atoms with Gasteiger partial charge in [-0.1, -0.05) is 273 Å². The van der Waals surface area contributed by atoms with Crippen molar-refractivity contribution in [2.45, 2.75) is 329 Å². The SMILES string of the molecule is CC/C=C\C/C=C\C/C=C\C/C=C\C/C=C\CCCCCCCC(=O)OCC(COC(=O)CCCCCCCCC/C=C\CCCCCCCCC)OC(=O)CCCCCCCCCCC/C=C\CCCCCCCC. The molecule has 0 bridgehead atoms. The summed E-state index contributed by atoms with van der Waals surface area (Å²) in [5.74, 6) is -0.896. The summed E-state index contributed by atoms with van der Waals surface area (Å²) >= 11 is 0. The fourth-order valence-electron chi connectivity index (χ4n) is 9.23. The Balaban J connectivity index is 4.42. The van der Waals surface area contributed by atoms with Crippen LogP contribution < -0.4 is 0 Å². The Morgan fingerprint density at radius 3 is 0.816 bits per heavy atom. The zero-order valence-corrected chi connectivity index (χ0v) is 50.3. The summed E-state index contributed by atoms with van der Waals surface area (Å²) in [4.78, 5) is 38.4. The fourth-order valence-corrected chi connectivity index (χ4v) is 9.23. The lowest BCUT2D eigenvalue weighted by molar-refractivity contribution is -0.167. The second-order valence-corrected chi connectivity index (χ2v) is 21.6. The maximum Gasteiger partial charge on any atom is 0.306 e. The highest BCUT2D eigenvalue weighted by molar-refractivity contribution is 5.71. The lowest BCUT2D eigenvalue weighted by Crippen LogP contribution is -2.30. The molecular weight excluding hydrogens is 937 g/mol. The van der Waals surface area contributed by atoms with Crippen LogP contribution >= 0.6 is 0 Å². The average molecular weight is 1060 g/mol. The van der Waals surface area contributed by atoms with Gasteiger partial charge >= 0.3 is 17.9 Å². The van der Waals surface area contributed by atoms with E-state index in [-0.39, 0.29) is 31.1 Å². The molecule has 0 rings (SSSR count). The highest BCUT2D eigenvalue weighted by Crippen LogP contribution is 2.16. The molecular formula is C70H122O6. The number of rotatable bonds is 59. The summed E-state index contributed by atoms with van der Waals surface area (Å²) in [5, 5.41) is 0. The molecule has 76 heavy (non-hydrogen) atoms. The third-order valence-electron chi connectivity index (χ3n) is 14.1. The van der Waals surface area contributed by atoms with Crippen LogP contribution in [0.5, 0.6) is 0 Å². The van der Waals surface area contributed by atoms with Crippen LogP contribution in [0.1, 0.15) is 323 Å². The van der Waals surface area contributed by atoms with Crippen LogP contribution in [0.2, 0.25) is 0 Å². The first-order valence-electron chi connectivity index (χ1n) is 32.6. The molecule has 6 nitrogen and oxygen atoms in total. The van der Waals surface area contributed by atoms with Crippen LogP contribution in [0, 0.1) is 0 Å². The molecule has 0 heterocycles. The van der Waals surface area contributed by atoms with Gasteiger partial charge in [0.15, 0.2) is 6.10 Å². The van der Waals surface area contributed by atoms with Crippen LogP contribution in [0.4, 0.5) is 0 Å². The van der Waals surface area contributed by atoms with Crippen molar-refractivity contribution in [1.82, 2.24) is 0 Å². The average Bonchev–Trinajstić information content (AvgIpc) is 3.42. The first kappa shape index (κ1) is 72.6. The molecule has 1 unspecified atom stereocenters. The molecule has 0 aliphatic rings. The molecule has 0 radical (unpaired) electrons. The minimum atomic E-state index is -0.790. The standard InChI is InChI=1S/C70H122O6/c1-4-7-10-13-16-19-22-25-28-31-34-35-37-39-42-45-48-51-54-57-60-63-69(72)75-66-67(65-74-68(71)62-59-56-53-50-47-44-41-38-33-30-27-24-21-18-15-12-9-6-3)76-70(73)64-61-58-55-52-49-46-43-40-36-32-29-26-23-20-17-14-11-8-5-2/h7,10,16,19,25-26,28-30,33-35,39,42,67H,4-6,8-9,11-15,17-18,20-24,27,31-32,36-38,40-41,43-66H2,1-3H3/b10-7-,19-16-,28-25-,29-26-,33-30-,35-34-,42-39-.